The molecule has 0 unspecified atom stereocenters. The summed E-state index contributed by atoms with van der Waals surface area (Å²) < 4.78 is 18.7. The van der Waals surface area contributed by atoms with Gasteiger partial charge in [0.25, 0.3) is 0 Å². The first-order chi connectivity index (χ1) is 10.8. The third kappa shape index (κ3) is 3.04. The van der Waals surface area contributed by atoms with Gasteiger partial charge in [0, 0.05) is 0 Å². The van der Waals surface area contributed by atoms with Crippen LogP contribution in [-0.4, -0.2) is 21.9 Å². The van der Waals surface area contributed by atoms with Crippen molar-refractivity contribution in [2.24, 2.45) is 0 Å². The van der Waals surface area contributed by atoms with Gasteiger partial charge in [-0.15, -0.1) is 0 Å². The number of hydrogen-bond donors (Lipinski definition) is 1. The number of aromatic nitrogens is 3. The highest BCUT2D eigenvalue weighted by Crippen LogP contribution is 2.26. The summed E-state index contributed by atoms with van der Waals surface area (Å²) in [6.07, 6.45) is 1.63. The number of rotatable bonds is 6. The molecule has 0 spiro atoms. The third-order valence-corrected chi connectivity index (χ3v) is 3.47. The van der Waals surface area contributed by atoms with Crippen molar-refractivity contribution in [1.82, 2.24) is 14.8 Å². The van der Waals surface area contributed by atoms with Crippen LogP contribution in [0.1, 0.15) is 11.6 Å². The standard InChI is InChI=1S/C15H15N3O3S/c1-19-12-6-2-3-7-13(12)21-10-14-16-17-15(22)18(14)9-11-5-4-8-20-11/h2-8H,9-10H2,1H3,(H,17,22). The normalized spacial score (nSPS) is 10.6. The first kappa shape index (κ1) is 14.4. The van der Waals surface area contributed by atoms with Crippen LogP contribution < -0.4 is 9.47 Å². The number of methoxy groups -OCH3 is 1. The Bertz CT molecular complexity index is 792. The van der Waals surface area contributed by atoms with Gasteiger partial charge in [-0.2, -0.15) is 5.10 Å². The van der Waals surface area contributed by atoms with E-state index in [0.29, 0.717) is 28.6 Å². The van der Waals surface area contributed by atoms with Crippen LogP contribution in [0.15, 0.2) is 47.1 Å². The minimum atomic E-state index is 0.272. The monoisotopic (exact) mass is 317 g/mol. The first-order valence-electron chi connectivity index (χ1n) is 6.70. The number of H-pyrrole nitrogens is 1. The molecule has 114 valence electrons. The van der Waals surface area contributed by atoms with E-state index in [4.69, 9.17) is 26.1 Å². The molecule has 0 fully saturated rings. The third-order valence-electron chi connectivity index (χ3n) is 3.16. The lowest BCUT2D eigenvalue weighted by Gasteiger charge is -2.10. The highest BCUT2D eigenvalue weighted by molar-refractivity contribution is 7.71. The highest BCUT2D eigenvalue weighted by atomic mass is 32.1. The van der Waals surface area contributed by atoms with Crippen LogP contribution in [0.5, 0.6) is 11.5 Å². The van der Waals surface area contributed by atoms with Gasteiger partial charge in [-0.05, 0) is 36.5 Å². The summed E-state index contributed by atoms with van der Waals surface area (Å²) in [6, 6.07) is 11.2. The molecule has 22 heavy (non-hydrogen) atoms. The summed E-state index contributed by atoms with van der Waals surface area (Å²) in [5.74, 6) is 2.82. The number of aromatic amines is 1. The maximum Gasteiger partial charge on any atom is 0.195 e. The molecule has 2 heterocycles. The van der Waals surface area contributed by atoms with Crippen molar-refractivity contribution in [3.05, 3.63) is 59.0 Å². The molecule has 1 aromatic carbocycles. The summed E-state index contributed by atoms with van der Waals surface area (Å²) in [4.78, 5) is 0. The Labute approximate surface area is 132 Å². The van der Waals surface area contributed by atoms with Crippen LogP contribution in [0.2, 0.25) is 0 Å². The van der Waals surface area contributed by atoms with E-state index >= 15 is 0 Å². The molecule has 7 heteroatoms. The van der Waals surface area contributed by atoms with Crippen molar-refractivity contribution >= 4 is 12.2 Å². The molecule has 0 saturated heterocycles. The molecular formula is C15H15N3O3S. The molecule has 6 nitrogen and oxygen atoms in total. The topological polar surface area (TPSA) is 65.2 Å². The van der Waals surface area contributed by atoms with Crippen LogP contribution >= 0.6 is 12.2 Å². The number of hydrogen-bond acceptors (Lipinski definition) is 5. The molecule has 3 aromatic rings. The fourth-order valence-corrected chi connectivity index (χ4v) is 2.28. The molecular weight excluding hydrogens is 302 g/mol. The summed E-state index contributed by atoms with van der Waals surface area (Å²) in [6.45, 7) is 0.779. The van der Waals surface area contributed by atoms with Gasteiger partial charge < -0.3 is 13.9 Å². The van der Waals surface area contributed by atoms with E-state index in [9.17, 15) is 0 Å². The SMILES string of the molecule is COc1ccccc1OCc1n[nH]c(=S)n1Cc1ccco1. The van der Waals surface area contributed by atoms with E-state index in [1.807, 2.05) is 41.0 Å². The maximum atomic E-state index is 5.78. The lowest BCUT2D eigenvalue weighted by atomic mass is 10.3. The van der Waals surface area contributed by atoms with E-state index < -0.39 is 0 Å². The van der Waals surface area contributed by atoms with E-state index in [2.05, 4.69) is 10.2 Å². The molecule has 0 aliphatic carbocycles. The van der Waals surface area contributed by atoms with Crippen molar-refractivity contribution in [2.75, 3.05) is 7.11 Å². The quantitative estimate of drug-likeness (QED) is 0.707. The van der Waals surface area contributed by atoms with Gasteiger partial charge in [-0.25, -0.2) is 0 Å². The predicted molar refractivity (Wildman–Crippen MR) is 82.5 cm³/mol. The van der Waals surface area contributed by atoms with Crippen molar-refractivity contribution < 1.29 is 13.9 Å². The molecule has 3 rings (SSSR count). The second kappa shape index (κ2) is 6.48. The smallest absolute Gasteiger partial charge is 0.195 e. The van der Waals surface area contributed by atoms with Crippen LogP contribution in [0, 0.1) is 4.77 Å². The molecule has 2 aromatic heterocycles. The maximum absolute atomic E-state index is 5.78. The zero-order valence-corrected chi connectivity index (χ0v) is 12.8. The number of furan rings is 1. The van der Waals surface area contributed by atoms with Crippen molar-refractivity contribution in [2.45, 2.75) is 13.2 Å². The van der Waals surface area contributed by atoms with E-state index in [1.54, 1.807) is 13.4 Å². The number of ether oxygens (including phenoxy) is 2. The van der Waals surface area contributed by atoms with Gasteiger partial charge in [0.15, 0.2) is 22.1 Å². The zero-order chi connectivity index (χ0) is 15.4. The van der Waals surface area contributed by atoms with Gasteiger partial charge in [0.2, 0.25) is 0 Å². The first-order valence-corrected chi connectivity index (χ1v) is 7.11. The Hall–Kier alpha value is -2.54. The van der Waals surface area contributed by atoms with E-state index in [1.165, 1.54) is 0 Å². The Morgan fingerprint density at radius 3 is 2.77 bits per heavy atom. The van der Waals surface area contributed by atoms with Crippen molar-refractivity contribution in [1.29, 1.82) is 0 Å². The van der Waals surface area contributed by atoms with Gasteiger partial charge >= 0.3 is 0 Å². The minimum Gasteiger partial charge on any atom is -0.493 e. The second-order valence-corrected chi connectivity index (χ2v) is 4.94. The largest absolute Gasteiger partial charge is 0.493 e. The summed E-state index contributed by atoms with van der Waals surface area (Å²) in [5.41, 5.74) is 0. The fraction of sp³-hybridized carbons (Fsp3) is 0.200. The molecule has 0 amide bonds. The lowest BCUT2D eigenvalue weighted by Crippen LogP contribution is -2.08. The average Bonchev–Trinajstić information content (AvgIpc) is 3.17. The van der Waals surface area contributed by atoms with Crippen LogP contribution in [0.25, 0.3) is 0 Å². The van der Waals surface area contributed by atoms with E-state index in [-0.39, 0.29) is 6.61 Å². The van der Waals surface area contributed by atoms with Gasteiger partial charge in [-0.3, -0.25) is 9.67 Å². The molecule has 1 N–H and O–H groups in total. The lowest BCUT2D eigenvalue weighted by molar-refractivity contribution is 0.271. The van der Waals surface area contributed by atoms with E-state index in [0.717, 1.165) is 5.76 Å². The van der Waals surface area contributed by atoms with Crippen molar-refractivity contribution in [3.63, 3.8) is 0 Å². The van der Waals surface area contributed by atoms with Crippen molar-refractivity contribution in [3.8, 4) is 11.5 Å². The average molecular weight is 317 g/mol. The number of para-hydroxylation sites is 2. The Kier molecular flexibility index (Phi) is 4.24. The second-order valence-electron chi connectivity index (χ2n) is 4.55. The number of nitrogens with zero attached hydrogens (tertiary/aromatic N) is 2. The minimum absolute atomic E-state index is 0.272. The zero-order valence-electron chi connectivity index (χ0n) is 12.0. The van der Waals surface area contributed by atoms with Gasteiger partial charge in [0.1, 0.15) is 12.4 Å². The molecule has 0 bridgehead atoms. The molecule has 0 atom stereocenters. The number of benzene rings is 1. The van der Waals surface area contributed by atoms with Crippen LogP contribution in [0.4, 0.5) is 0 Å². The van der Waals surface area contributed by atoms with Gasteiger partial charge in [-0.1, -0.05) is 12.1 Å². The number of nitrogens with one attached hydrogen (secondary N) is 1. The summed E-state index contributed by atoms with van der Waals surface area (Å²) in [5, 5.41) is 6.98. The van der Waals surface area contributed by atoms with Crippen LogP contribution in [-0.2, 0) is 13.2 Å². The molecule has 0 aliphatic rings. The fourth-order valence-electron chi connectivity index (χ4n) is 2.06. The Balaban J connectivity index is 1.77. The summed E-state index contributed by atoms with van der Waals surface area (Å²) >= 11 is 5.25. The molecule has 0 radical (unpaired) electrons. The molecule has 0 aliphatic heterocycles. The summed E-state index contributed by atoms with van der Waals surface area (Å²) in [7, 11) is 1.61. The highest BCUT2D eigenvalue weighted by Gasteiger charge is 2.10. The Morgan fingerprint density at radius 1 is 1.23 bits per heavy atom. The predicted octanol–water partition coefficient (Wildman–Crippen LogP) is 3.17. The molecule has 0 saturated carbocycles. The van der Waals surface area contributed by atoms with Crippen LogP contribution in [0.3, 0.4) is 0 Å². The Morgan fingerprint density at radius 2 is 2.05 bits per heavy atom. The van der Waals surface area contributed by atoms with Gasteiger partial charge in [0.05, 0.1) is 19.9 Å².